The Morgan fingerprint density at radius 1 is 1.10 bits per heavy atom. The van der Waals surface area contributed by atoms with Gasteiger partial charge in [0.1, 0.15) is 11.3 Å². The number of thiazole rings is 1. The van der Waals surface area contributed by atoms with Crippen molar-refractivity contribution in [3.05, 3.63) is 54.1 Å². The molecule has 4 rings (SSSR count). The molecule has 0 N–H and O–H groups in total. The second kappa shape index (κ2) is 9.50. The zero-order valence-corrected chi connectivity index (χ0v) is 18.2. The summed E-state index contributed by atoms with van der Waals surface area (Å²) < 4.78 is 6.85. The predicted molar refractivity (Wildman–Crippen MR) is 122 cm³/mol. The molecule has 5 nitrogen and oxygen atoms in total. The molecule has 2 heterocycles. The smallest absolute Gasteiger partial charge is 0.232 e. The molecule has 0 atom stereocenters. The van der Waals surface area contributed by atoms with Crippen LogP contribution in [-0.4, -0.2) is 54.3 Å². The van der Waals surface area contributed by atoms with Crippen LogP contribution in [0.4, 0.5) is 5.13 Å². The molecule has 0 unspecified atom stereocenters. The Hall–Kier alpha value is -2.25. The molecular formula is C22H25N3O2S2. The Bertz CT molecular complexity index is 953. The van der Waals surface area contributed by atoms with Gasteiger partial charge in [0.2, 0.25) is 5.91 Å². The summed E-state index contributed by atoms with van der Waals surface area (Å²) in [6.45, 7) is 5.76. The summed E-state index contributed by atoms with van der Waals surface area (Å²) in [6.07, 6.45) is 0. The summed E-state index contributed by atoms with van der Waals surface area (Å²) in [5, 5.41) is 1.01. The summed E-state index contributed by atoms with van der Waals surface area (Å²) in [7, 11) is 0. The lowest BCUT2D eigenvalue weighted by Crippen LogP contribution is -2.49. The van der Waals surface area contributed by atoms with Crippen LogP contribution in [0.5, 0.6) is 5.75 Å². The van der Waals surface area contributed by atoms with E-state index in [9.17, 15) is 4.79 Å². The number of nitrogens with zero attached hydrogens (tertiary/aromatic N) is 3. The Kier molecular flexibility index (Phi) is 6.56. The number of aromatic nitrogens is 1. The molecule has 2 aromatic carbocycles. The lowest BCUT2D eigenvalue weighted by molar-refractivity contribution is -0.128. The average molecular weight is 428 g/mol. The van der Waals surface area contributed by atoms with E-state index in [0.29, 0.717) is 12.4 Å². The van der Waals surface area contributed by atoms with E-state index in [1.165, 1.54) is 5.56 Å². The van der Waals surface area contributed by atoms with Gasteiger partial charge in [-0.2, -0.15) is 0 Å². The van der Waals surface area contributed by atoms with Crippen LogP contribution in [0, 0.1) is 0 Å². The SMILES string of the molecule is CCOc1cccc2sc(N3CCN(C(=O)CSCc4ccccc4)CC3)nc12. The van der Waals surface area contributed by atoms with Crippen LogP contribution in [-0.2, 0) is 10.5 Å². The fraction of sp³-hybridized carbons (Fsp3) is 0.364. The quantitative estimate of drug-likeness (QED) is 0.563. The number of carbonyl (C=O) groups excluding carboxylic acids is 1. The van der Waals surface area contributed by atoms with Gasteiger partial charge in [0.15, 0.2) is 5.13 Å². The topological polar surface area (TPSA) is 45.7 Å². The van der Waals surface area contributed by atoms with Crippen LogP contribution < -0.4 is 9.64 Å². The second-order valence-corrected chi connectivity index (χ2v) is 8.87. The summed E-state index contributed by atoms with van der Waals surface area (Å²) in [6, 6.07) is 16.4. The number of anilines is 1. The van der Waals surface area contributed by atoms with Crippen LogP contribution in [0.2, 0.25) is 0 Å². The first-order chi connectivity index (χ1) is 14.2. The van der Waals surface area contributed by atoms with Gasteiger partial charge in [-0.25, -0.2) is 4.98 Å². The second-order valence-electron chi connectivity index (χ2n) is 6.88. The highest BCUT2D eigenvalue weighted by Gasteiger charge is 2.23. The molecule has 0 radical (unpaired) electrons. The van der Waals surface area contributed by atoms with Crippen LogP contribution in [0.25, 0.3) is 10.2 Å². The molecule has 152 valence electrons. The van der Waals surface area contributed by atoms with Crippen molar-refractivity contribution in [1.29, 1.82) is 0 Å². The van der Waals surface area contributed by atoms with Crippen molar-refractivity contribution in [3.63, 3.8) is 0 Å². The minimum Gasteiger partial charge on any atom is -0.492 e. The Balaban J connectivity index is 1.30. The molecule has 1 saturated heterocycles. The molecule has 0 bridgehead atoms. The number of amides is 1. The zero-order chi connectivity index (χ0) is 20.1. The van der Waals surface area contributed by atoms with Gasteiger partial charge in [0.05, 0.1) is 17.1 Å². The van der Waals surface area contributed by atoms with Crippen molar-refractivity contribution in [2.45, 2.75) is 12.7 Å². The first kappa shape index (κ1) is 20.0. The molecule has 29 heavy (non-hydrogen) atoms. The van der Waals surface area contributed by atoms with Gasteiger partial charge in [-0.05, 0) is 24.6 Å². The lowest BCUT2D eigenvalue weighted by Gasteiger charge is -2.34. The van der Waals surface area contributed by atoms with E-state index in [-0.39, 0.29) is 5.91 Å². The number of rotatable bonds is 7. The molecule has 0 spiro atoms. The fourth-order valence-electron chi connectivity index (χ4n) is 3.39. The molecule has 3 aromatic rings. The van der Waals surface area contributed by atoms with E-state index in [1.54, 1.807) is 23.1 Å². The summed E-state index contributed by atoms with van der Waals surface area (Å²) in [4.78, 5) is 21.6. The van der Waals surface area contributed by atoms with Crippen LogP contribution in [0.1, 0.15) is 12.5 Å². The van der Waals surface area contributed by atoms with Gasteiger partial charge < -0.3 is 14.5 Å². The number of fused-ring (bicyclic) bond motifs is 1. The third kappa shape index (κ3) is 4.85. The van der Waals surface area contributed by atoms with Crippen molar-refractivity contribution in [2.75, 3.05) is 43.4 Å². The summed E-state index contributed by atoms with van der Waals surface area (Å²) in [5.74, 6) is 2.49. The van der Waals surface area contributed by atoms with E-state index in [1.807, 2.05) is 42.2 Å². The number of ether oxygens (including phenoxy) is 1. The van der Waals surface area contributed by atoms with E-state index >= 15 is 0 Å². The number of benzene rings is 2. The maximum absolute atomic E-state index is 12.5. The number of carbonyl (C=O) groups is 1. The van der Waals surface area contributed by atoms with Crippen LogP contribution in [0.15, 0.2) is 48.5 Å². The number of piperazine rings is 1. The van der Waals surface area contributed by atoms with Gasteiger partial charge >= 0.3 is 0 Å². The van der Waals surface area contributed by atoms with Crippen molar-refractivity contribution >= 4 is 44.4 Å². The fourth-order valence-corrected chi connectivity index (χ4v) is 5.31. The van der Waals surface area contributed by atoms with Crippen LogP contribution >= 0.6 is 23.1 Å². The van der Waals surface area contributed by atoms with Gasteiger partial charge in [-0.15, -0.1) is 11.8 Å². The normalized spacial score (nSPS) is 14.4. The number of hydrogen-bond acceptors (Lipinski definition) is 6. The van der Waals surface area contributed by atoms with Crippen molar-refractivity contribution in [1.82, 2.24) is 9.88 Å². The van der Waals surface area contributed by atoms with E-state index < -0.39 is 0 Å². The predicted octanol–water partition coefficient (Wildman–Crippen LogP) is 4.28. The van der Waals surface area contributed by atoms with Crippen LogP contribution in [0.3, 0.4) is 0 Å². The van der Waals surface area contributed by atoms with E-state index in [0.717, 1.165) is 53.0 Å². The Labute approximate surface area is 179 Å². The van der Waals surface area contributed by atoms with Crippen molar-refractivity contribution < 1.29 is 9.53 Å². The molecule has 0 aliphatic carbocycles. The lowest BCUT2D eigenvalue weighted by atomic mass is 10.2. The van der Waals surface area contributed by atoms with E-state index in [2.05, 4.69) is 23.1 Å². The highest BCUT2D eigenvalue weighted by atomic mass is 32.2. The third-order valence-electron chi connectivity index (χ3n) is 4.91. The summed E-state index contributed by atoms with van der Waals surface area (Å²) in [5.41, 5.74) is 2.20. The summed E-state index contributed by atoms with van der Waals surface area (Å²) >= 11 is 3.38. The molecule has 1 amide bonds. The average Bonchev–Trinajstić information content (AvgIpc) is 3.20. The largest absolute Gasteiger partial charge is 0.492 e. The van der Waals surface area contributed by atoms with Crippen molar-refractivity contribution in [3.8, 4) is 5.75 Å². The molecule has 0 saturated carbocycles. The first-order valence-electron chi connectivity index (χ1n) is 9.91. The third-order valence-corrected chi connectivity index (χ3v) is 6.98. The number of para-hydroxylation sites is 1. The highest BCUT2D eigenvalue weighted by molar-refractivity contribution is 7.99. The van der Waals surface area contributed by atoms with Crippen molar-refractivity contribution in [2.24, 2.45) is 0 Å². The monoisotopic (exact) mass is 427 g/mol. The van der Waals surface area contributed by atoms with Gasteiger partial charge in [0, 0.05) is 31.9 Å². The van der Waals surface area contributed by atoms with Gasteiger partial charge in [0.25, 0.3) is 0 Å². The molecule has 1 fully saturated rings. The molecule has 1 aliphatic rings. The highest BCUT2D eigenvalue weighted by Crippen LogP contribution is 2.34. The molecule has 1 aliphatic heterocycles. The minimum atomic E-state index is 0.230. The maximum atomic E-state index is 12.5. The number of hydrogen-bond donors (Lipinski definition) is 0. The maximum Gasteiger partial charge on any atom is 0.232 e. The van der Waals surface area contributed by atoms with E-state index in [4.69, 9.17) is 9.72 Å². The molecule has 1 aromatic heterocycles. The molecular weight excluding hydrogens is 402 g/mol. The number of thioether (sulfide) groups is 1. The zero-order valence-electron chi connectivity index (χ0n) is 16.5. The minimum absolute atomic E-state index is 0.230. The first-order valence-corrected chi connectivity index (χ1v) is 11.9. The van der Waals surface area contributed by atoms with Gasteiger partial charge in [-0.1, -0.05) is 47.7 Å². The standard InChI is InChI=1S/C22H25N3O2S2/c1-2-27-18-9-6-10-19-21(18)23-22(29-19)25-13-11-24(12-14-25)20(26)16-28-15-17-7-4-3-5-8-17/h3-10H,2,11-16H2,1H3. The molecule has 7 heteroatoms. The Morgan fingerprint density at radius 2 is 1.90 bits per heavy atom. The Morgan fingerprint density at radius 3 is 2.66 bits per heavy atom. The van der Waals surface area contributed by atoms with Gasteiger partial charge in [-0.3, -0.25) is 4.79 Å².